The van der Waals surface area contributed by atoms with Crippen LogP contribution >= 0.6 is 0 Å². The normalized spacial score (nSPS) is 15.8. The van der Waals surface area contributed by atoms with E-state index in [4.69, 9.17) is 4.98 Å². The summed E-state index contributed by atoms with van der Waals surface area (Å²) in [5.74, 6) is 0.604. The molecule has 0 bridgehead atoms. The molecule has 1 fully saturated rings. The van der Waals surface area contributed by atoms with Crippen LogP contribution in [0.3, 0.4) is 0 Å². The fourth-order valence-electron chi connectivity index (χ4n) is 4.05. The molecule has 35 heavy (non-hydrogen) atoms. The van der Waals surface area contributed by atoms with E-state index in [-0.39, 0.29) is 24.4 Å². The summed E-state index contributed by atoms with van der Waals surface area (Å²) in [6, 6.07) is 14.0. The molecule has 1 aromatic heterocycles. The van der Waals surface area contributed by atoms with Gasteiger partial charge in [0, 0.05) is 43.7 Å². The second-order valence-corrected chi connectivity index (χ2v) is 8.47. The summed E-state index contributed by atoms with van der Waals surface area (Å²) in [4.78, 5) is 30.7. The van der Waals surface area contributed by atoms with Crippen molar-refractivity contribution in [2.24, 2.45) is 0 Å². The fourth-order valence-corrected chi connectivity index (χ4v) is 4.05. The van der Waals surface area contributed by atoms with Crippen LogP contribution in [-0.2, 0) is 17.4 Å². The molecule has 1 atom stereocenters. The number of carbonyl (C=O) groups excluding carboxylic acids is 2. The zero-order valence-corrected chi connectivity index (χ0v) is 19.2. The highest BCUT2D eigenvalue weighted by Crippen LogP contribution is 2.29. The standard InChI is InChI=1S/C25H26F3N5O2/c1-29-24(35)31-20-12-13-33(15-20)22-10-5-17-14-19(8-9-21(17)32-22)30-23(34)11-4-16-2-6-18(7-3-16)25(26,27)28/h2-3,5-10,14,20H,4,11-13,15H2,1H3,(H,30,34)(H2,29,31,35). The van der Waals surface area contributed by atoms with Gasteiger partial charge in [-0.1, -0.05) is 12.1 Å². The number of carbonyl (C=O) groups is 2. The highest BCUT2D eigenvalue weighted by molar-refractivity contribution is 5.94. The van der Waals surface area contributed by atoms with Gasteiger partial charge in [0.05, 0.1) is 11.1 Å². The lowest BCUT2D eigenvalue weighted by molar-refractivity contribution is -0.137. The van der Waals surface area contributed by atoms with E-state index in [1.54, 1.807) is 13.1 Å². The lowest BCUT2D eigenvalue weighted by Crippen LogP contribution is -2.42. The quantitative estimate of drug-likeness (QED) is 0.485. The number of pyridine rings is 1. The van der Waals surface area contributed by atoms with E-state index in [1.807, 2.05) is 24.3 Å². The van der Waals surface area contributed by atoms with Crippen molar-refractivity contribution < 1.29 is 22.8 Å². The summed E-state index contributed by atoms with van der Waals surface area (Å²) >= 11 is 0. The minimum Gasteiger partial charge on any atom is -0.354 e. The molecule has 2 heterocycles. The number of alkyl halides is 3. The number of amides is 3. The first-order valence-corrected chi connectivity index (χ1v) is 11.3. The molecule has 1 unspecified atom stereocenters. The third-order valence-electron chi connectivity index (χ3n) is 5.95. The Morgan fingerprint density at radius 1 is 1.09 bits per heavy atom. The zero-order chi connectivity index (χ0) is 25.0. The molecule has 0 spiro atoms. The molecule has 0 saturated carbocycles. The molecule has 3 aromatic rings. The van der Waals surface area contributed by atoms with E-state index in [0.29, 0.717) is 24.2 Å². The highest BCUT2D eigenvalue weighted by atomic mass is 19.4. The Kier molecular flexibility index (Phi) is 7.09. The van der Waals surface area contributed by atoms with Crippen molar-refractivity contribution in [1.29, 1.82) is 0 Å². The third kappa shape index (κ3) is 6.20. The summed E-state index contributed by atoms with van der Waals surface area (Å²) < 4.78 is 38.0. The molecule has 0 aliphatic carbocycles. The van der Waals surface area contributed by atoms with Gasteiger partial charge in [-0.2, -0.15) is 13.2 Å². The molecule has 1 aliphatic rings. The molecule has 1 saturated heterocycles. The van der Waals surface area contributed by atoms with Crippen molar-refractivity contribution in [2.45, 2.75) is 31.5 Å². The Morgan fingerprint density at radius 3 is 2.57 bits per heavy atom. The molecule has 4 rings (SSSR count). The number of nitrogens with zero attached hydrogens (tertiary/aromatic N) is 2. The van der Waals surface area contributed by atoms with Crippen LogP contribution in [0, 0.1) is 0 Å². The minimum absolute atomic E-state index is 0.0626. The Bertz CT molecular complexity index is 1210. The van der Waals surface area contributed by atoms with Crippen molar-refractivity contribution in [3.05, 3.63) is 65.7 Å². The van der Waals surface area contributed by atoms with Gasteiger partial charge in [0.2, 0.25) is 5.91 Å². The maximum atomic E-state index is 12.7. The highest BCUT2D eigenvalue weighted by Gasteiger charge is 2.30. The van der Waals surface area contributed by atoms with Crippen LogP contribution in [0.2, 0.25) is 0 Å². The minimum atomic E-state index is -4.37. The van der Waals surface area contributed by atoms with E-state index >= 15 is 0 Å². The van der Waals surface area contributed by atoms with E-state index in [1.165, 1.54) is 12.1 Å². The summed E-state index contributed by atoms with van der Waals surface area (Å²) in [7, 11) is 1.59. The van der Waals surface area contributed by atoms with E-state index in [0.717, 1.165) is 41.8 Å². The van der Waals surface area contributed by atoms with E-state index < -0.39 is 11.7 Å². The summed E-state index contributed by atoms with van der Waals surface area (Å²) in [6.07, 6.45) is -3.04. The van der Waals surface area contributed by atoms with Gasteiger partial charge in [0.15, 0.2) is 0 Å². The average Bonchev–Trinajstić information content (AvgIpc) is 3.30. The second kappa shape index (κ2) is 10.2. The summed E-state index contributed by atoms with van der Waals surface area (Å²) in [5, 5.41) is 9.18. The molecule has 10 heteroatoms. The van der Waals surface area contributed by atoms with Gasteiger partial charge in [-0.3, -0.25) is 4.79 Å². The molecule has 1 aliphatic heterocycles. The van der Waals surface area contributed by atoms with Crippen LogP contribution in [0.1, 0.15) is 24.0 Å². The first-order valence-electron chi connectivity index (χ1n) is 11.3. The monoisotopic (exact) mass is 485 g/mol. The van der Waals surface area contributed by atoms with Gasteiger partial charge in [-0.05, 0) is 60.9 Å². The molecule has 3 amide bonds. The van der Waals surface area contributed by atoms with Crippen molar-refractivity contribution in [3.8, 4) is 0 Å². The lowest BCUT2D eigenvalue weighted by Gasteiger charge is -2.18. The molecule has 7 nitrogen and oxygen atoms in total. The molecule has 2 aromatic carbocycles. The van der Waals surface area contributed by atoms with Crippen molar-refractivity contribution >= 4 is 34.3 Å². The van der Waals surface area contributed by atoms with Crippen LogP contribution in [0.4, 0.5) is 29.5 Å². The number of hydrogen-bond acceptors (Lipinski definition) is 4. The van der Waals surface area contributed by atoms with E-state index in [9.17, 15) is 22.8 Å². The molecule has 184 valence electrons. The van der Waals surface area contributed by atoms with Gasteiger partial charge < -0.3 is 20.9 Å². The topological polar surface area (TPSA) is 86.4 Å². The number of hydrogen-bond donors (Lipinski definition) is 3. The van der Waals surface area contributed by atoms with Crippen molar-refractivity contribution in [1.82, 2.24) is 15.6 Å². The number of halogens is 3. The van der Waals surface area contributed by atoms with Gasteiger partial charge >= 0.3 is 12.2 Å². The zero-order valence-electron chi connectivity index (χ0n) is 19.2. The van der Waals surface area contributed by atoms with Crippen LogP contribution < -0.4 is 20.9 Å². The molecule has 0 radical (unpaired) electrons. The fraction of sp³-hybridized carbons (Fsp3) is 0.320. The molecular weight excluding hydrogens is 459 g/mol. The molecule has 3 N–H and O–H groups in total. The SMILES string of the molecule is CNC(=O)NC1CCN(c2ccc3cc(NC(=O)CCc4ccc(C(F)(F)F)cc4)ccc3n2)C1. The second-order valence-electron chi connectivity index (χ2n) is 8.47. The van der Waals surface area contributed by atoms with Gasteiger partial charge in [-0.25, -0.2) is 9.78 Å². The first kappa shape index (κ1) is 24.3. The Morgan fingerprint density at radius 2 is 1.86 bits per heavy atom. The number of nitrogens with one attached hydrogen (secondary N) is 3. The van der Waals surface area contributed by atoms with Crippen LogP contribution in [0.25, 0.3) is 10.9 Å². The molecular formula is C25H26F3N5O2. The predicted molar refractivity (Wildman–Crippen MR) is 128 cm³/mol. The van der Waals surface area contributed by atoms with Gasteiger partial charge in [0.1, 0.15) is 5.82 Å². The van der Waals surface area contributed by atoms with E-state index in [2.05, 4.69) is 20.9 Å². The number of aromatic nitrogens is 1. The Balaban J connectivity index is 1.33. The van der Waals surface area contributed by atoms with Crippen molar-refractivity contribution in [3.63, 3.8) is 0 Å². The number of benzene rings is 2. The number of rotatable bonds is 6. The first-order chi connectivity index (χ1) is 16.7. The number of fused-ring (bicyclic) bond motifs is 1. The third-order valence-corrected chi connectivity index (χ3v) is 5.95. The Labute approximate surface area is 200 Å². The average molecular weight is 486 g/mol. The summed E-state index contributed by atoms with van der Waals surface area (Å²) in [5.41, 5.74) is 1.37. The number of aryl methyl sites for hydroxylation is 1. The lowest BCUT2D eigenvalue weighted by atomic mass is 10.1. The van der Waals surface area contributed by atoms with Gasteiger partial charge in [-0.15, -0.1) is 0 Å². The number of anilines is 2. The smallest absolute Gasteiger partial charge is 0.354 e. The maximum absolute atomic E-state index is 12.7. The van der Waals surface area contributed by atoms with Crippen LogP contribution in [-0.4, -0.2) is 43.1 Å². The van der Waals surface area contributed by atoms with Crippen LogP contribution in [0.5, 0.6) is 0 Å². The Hall–Kier alpha value is -3.82. The maximum Gasteiger partial charge on any atom is 0.416 e. The van der Waals surface area contributed by atoms with Crippen molar-refractivity contribution in [2.75, 3.05) is 30.4 Å². The number of urea groups is 1. The summed E-state index contributed by atoms with van der Waals surface area (Å²) in [6.45, 7) is 1.47. The van der Waals surface area contributed by atoms with Gasteiger partial charge in [0.25, 0.3) is 0 Å². The predicted octanol–water partition coefficient (Wildman–Crippen LogP) is 4.33. The largest absolute Gasteiger partial charge is 0.416 e. The van der Waals surface area contributed by atoms with Crippen LogP contribution in [0.15, 0.2) is 54.6 Å².